The molecule has 144 valence electrons. The van der Waals surface area contributed by atoms with E-state index < -0.39 is 0 Å². The van der Waals surface area contributed by atoms with Crippen molar-refractivity contribution >= 4 is 12.1 Å². The Morgan fingerprint density at radius 1 is 1.26 bits per heavy atom. The van der Waals surface area contributed by atoms with Gasteiger partial charge in [0.2, 0.25) is 5.89 Å². The number of aryl methyl sites for hydroxylation is 1. The summed E-state index contributed by atoms with van der Waals surface area (Å²) in [6.45, 7) is 7.86. The smallest absolute Gasteiger partial charge is 0.318 e. The van der Waals surface area contributed by atoms with E-state index in [0.29, 0.717) is 31.2 Å². The van der Waals surface area contributed by atoms with Crippen molar-refractivity contribution in [2.45, 2.75) is 26.3 Å². The standard InChI is InChI=1S/C20H27N5O2/c1-3-18-22-19(27-23-18)16(2)21-20(26)25-14-12-24(13-15-25)11-7-10-17-8-5-4-6-9-17/h4-10,16H,3,11-15H2,1-2H3,(H,21,26)/b10-7+/t16-/m0/s1. The lowest BCUT2D eigenvalue weighted by Crippen LogP contribution is -2.52. The minimum absolute atomic E-state index is 0.0850. The summed E-state index contributed by atoms with van der Waals surface area (Å²) in [6.07, 6.45) is 5.02. The molecule has 0 bridgehead atoms. The van der Waals surface area contributed by atoms with Crippen LogP contribution in [0.1, 0.15) is 37.2 Å². The van der Waals surface area contributed by atoms with Crippen LogP contribution in [0, 0.1) is 0 Å². The Kier molecular flexibility index (Phi) is 6.59. The predicted molar refractivity (Wildman–Crippen MR) is 104 cm³/mol. The molecule has 2 amide bonds. The molecule has 0 spiro atoms. The molecule has 0 saturated carbocycles. The van der Waals surface area contributed by atoms with Crippen molar-refractivity contribution in [2.75, 3.05) is 32.7 Å². The van der Waals surface area contributed by atoms with Gasteiger partial charge in [-0.05, 0) is 12.5 Å². The monoisotopic (exact) mass is 369 g/mol. The summed E-state index contributed by atoms with van der Waals surface area (Å²) in [5.74, 6) is 1.10. The first-order valence-electron chi connectivity index (χ1n) is 9.47. The average Bonchev–Trinajstić information content (AvgIpc) is 3.19. The van der Waals surface area contributed by atoms with E-state index in [1.807, 2.05) is 36.9 Å². The second-order valence-corrected chi connectivity index (χ2v) is 6.67. The van der Waals surface area contributed by atoms with Crippen molar-refractivity contribution in [2.24, 2.45) is 0 Å². The first-order chi connectivity index (χ1) is 13.2. The van der Waals surface area contributed by atoms with Crippen LogP contribution in [0.15, 0.2) is 40.9 Å². The van der Waals surface area contributed by atoms with Crippen LogP contribution in [0.2, 0.25) is 0 Å². The second-order valence-electron chi connectivity index (χ2n) is 6.67. The van der Waals surface area contributed by atoms with Crippen LogP contribution in [0.5, 0.6) is 0 Å². The molecule has 1 aromatic heterocycles. The molecule has 1 aromatic carbocycles. The number of carbonyl (C=O) groups excluding carboxylic acids is 1. The first-order valence-corrected chi connectivity index (χ1v) is 9.47. The number of benzene rings is 1. The molecular weight excluding hydrogens is 342 g/mol. The quantitative estimate of drug-likeness (QED) is 0.847. The molecular formula is C20H27N5O2. The van der Waals surface area contributed by atoms with Crippen LogP contribution < -0.4 is 5.32 Å². The molecule has 27 heavy (non-hydrogen) atoms. The fourth-order valence-corrected chi connectivity index (χ4v) is 2.96. The Hall–Kier alpha value is -2.67. The summed E-state index contributed by atoms with van der Waals surface area (Å²) in [7, 11) is 0. The highest BCUT2D eigenvalue weighted by Crippen LogP contribution is 2.11. The largest absolute Gasteiger partial charge is 0.337 e. The minimum atomic E-state index is -0.294. The molecule has 1 fully saturated rings. The number of aromatic nitrogens is 2. The summed E-state index contributed by atoms with van der Waals surface area (Å²) < 4.78 is 5.19. The van der Waals surface area contributed by atoms with Crippen LogP contribution in [0.3, 0.4) is 0 Å². The highest BCUT2D eigenvalue weighted by atomic mass is 16.5. The summed E-state index contributed by atoms with van der Waals surface area (Å²) in [5.41, 5.74) is 1.21. The zero-order valence-corrected chi connectivity index (χ0v) is 16.0. The van der Waals surface area contributed by atoms with Gasteiger partial charge in [0.1, 0.15) is 6.04 Å². The van der Waals surface area contributed by atoms with Gasteiger partial charge in [-0.2, -0.15) is 4.98 Å². The summed E-state index contributed by atoms with van der Waals surface area (Å²) >= 11 is 0. The van der Waals surface area contributed by atoms with Crippen molar-refractivity contribution in [3.8, 4) is 0 Å². The third-order valence-corrected chi connectivity index (χ3v) is 4.64. The Balaban J connectivity index is 1.41. The number of piperazine rings is 1. The van der Waals surface area contributed by atoms with Gasteiger partial charge in [-0.3, -0.25) is 4.90 Å². The maximum absolute atomic E-state index is 12.5. The van der Waals surface area contributed by atoms with E-state index in [-0.39, 0.29) is 12.1 Å². The van der Waals surface area contributed by atoms with E-state index in [4.69, 9.17) is 4.52 Å². The van der Waals surface area contributed by atoms with Gasteiger partial charge in [-0.25, -0.2) is 4.79 Å². The van der Waals surface area contributed by atoms with Crippen LogP contribution in [-0.2, 0) is 6.42 Å². The van der Waals surface area contributed by atoms with E-state index in [2.05, 4.69) is 44.6 Å². The molecule has 7 nitrogen and oxygen atoms in total. The molecule has 1 atom stereocenters. The second kappa shape index (κ2) is 9.32. The summed E-state index contributed by atoms with van der Waals surface area (Å²) in [6, 6.07) is 9.89. The molecule has 1 saturated heterocycles. The highest BCUT2D eigenvalue weighted by Gasteiger charge is 2.23. The molecule has 7 heteroatoms. The normalized spacial score (nSPS) is 16.6. The number of carbonyl (C=O) groups is 1. The van der Waals surface area contributed by atoms with Gasteiger partial charge >= 0.3 is 6.03 Å². The SMILES string of the molecule is CCc1noc([C@H](C)NC(=O)N2CCN(C/C=C/c3ccccc3)CC2)n1. The third kappa shape index (κ3) is 5.40. The lowest BCUT2D eigenvalue weighted by atomic mass is 10.2. The fraction of sp³-hybridized carbons (Fsp3) is 0.450. The molecule has 2 aromatic rings. The Bertz CT molecular complexity index is 751. The zero-order valence-electron chi connectivity index (χ0n) is 16.0. The minimum Gasteiger partial charge on any atom is -0.337 e. The van der Waals surface area contributed by atoms with Crippen LogP contribution in [-0.4, -0.2) is 58.7 Å². The van der Waals surface area contributed by atoms with Crippen molar-refractivity contribution < 1.29 is 9.32 Å². The number of urea groups is 1. The Morgan fingerprint density at radius 2 is 2.00 bits per heavy atom. The molecule has 1 N–H and O–H groups in total. The van der Waals surface area contributed by atoms with Crippen LogP contribution in [0.25, 0.3) is 6.08 Å². The van der Waals surface area contributed by atoms with Crippen LogP contribution >= 0.6 is 0 Å². The average molecular weight is 369 g/mol. The number of rotatable bonds is 6. The number of nitrogens with zero attached hydrogens (tertiary/aromatic N) is 4. The number of hydrogen-bond acceptors (Lipinski definition) is 5. The van der Waals surface area contributed by atoms with Gasteiger partial charge in [-0.15, -0.1) is 0 Å². The highest BCUT2D eigenvalue weighted by molar-refractivity contribution is 5.74. The lowest BCUT2D eigenvalue weighted by molar-refractivity contribution is 0.143. The fourth-order valence-electron chi connectivity index (χ4n) is 2.96. The molecule has 0 unspecified atom stereocenters. The van der Waals surface area contributed by atoms with Gasteiger partial charge in [0, 0.05) is 39.1 Å². The maximum atomic E-state index is 12.5. The lowest BCUT2D eigenvalue weighted by Gasteiger charge is -2.34. The number of nitrogens with one attached hydrogen (secondary N) is 1. The van der Waals surface area contributed by atoms with Crippen molar-refractivity contribution in [1.29, 1.82) is 0 Å². The van der Waals surface area contributed by atoms with Crippen molar-refractivity contribution in [3.05, 3.63) is 53.7 Å². The molecule has 3 rings (SSSR count). The maximum Gasteiger partial charge on any atom is 0.318 e. The van der Waals surface area contributed by atoms with E-state index in [1.54, 1.807) is 0 Å². The van der Waals surface area contributed by atoms with Crippen molar-refractivity contribution in [1.82, 2.24) is 25.3 Å². The van der Waals surface area contributed by atoms with E-state index in [0.717, 1.165) is 19.6 Å². The Labute approximate surface area is 160 Å². The zero-order chi connectivity index (χ0) is 19.1. The number of amides is 2. The van der Waals surface area contributed by atoms with Gasteiger partial charge in [-0.1, -0.05) is 54.6 Å². The summed E-state index contributed by atoms with van der Waals surface area (Å²) in [4.78, 5) is 20.9. The van der Waals surface area contributed by atoms with E-state index >= 15 is 0 Å². The Morgan fingerprint density at radius 3 is 2.67 bits per heavy atom. The van der Waals surface area contributed by atoms with Gasteiger partial charge < -0.3 is 14.7 Å². The summed E-state index contributed by atoms with van der Waals surface area (Å²) in [5, 5.41) is 6.81. The predicted octanol–water partition coefficient (Wildman–Crippen LogP) is 2.73. The van der Waals surface area contributed by atoms with Crippen molar-refractivity contribution in [3.63, 3.8) is 0 Å². The molecule has 0 radical (unpaired) electrons. The van der Waals surface area contributed by atoms with Crippen LogP contribution in [0.4, 0.5) is 4.79 Å². The van der Waals surface area contributed by atoms with E-state index in [9.17, 15) is 4.79 Å². The number of hydrogen-bond donors (Lipinski definition) is 1. The van der Waals surface area contributed by atoms with Gasteiger partial charge in [0.25, 0.3) is 0 Å². The van der Waals surface area contributed by atoms with Gasteiger partial charge in [0.05, 0.1) is 0 Å². The van der Waals surface area contributed by atoms with E-state index in [1.165, 1.54) is 5.56 Å². The molecule has 1 aliphatic rings. The van der Waals surface area contributed by atoms with Gasteiger partial charge in [0.15, 0.2) is 5.82 Å². The topological polar surface area (TPSA) is 74.5 Å². The first kappa shape index (κ1) is 19.1. The molecule has 2 heterocycles. The third-order valence-electron chi connectivity index (χ3n) is 4.64. The molecule has 0 aliphatic carbocycles. The molecule has 1 aliphatic heterocycles.